The van der Waals surface area contributed by atoms with Gasteiger partial charge in [0.1, 0.15) is 17.9 Å². The molecular weight excluding hydrogens is 449 g/mol. The molecule has 0 fully saturated rings. The second-order valence-corrected chi connectivity index (χ2v) is 7.26. The Kier molecular flexibility index (Phi) is 5.94. The summed E-state index contributed by atoms with van der Waals surface area (Å²) in [5, 5.41) is 4.58. The molecule has 0 aliphatic heterocycles. The van der Waals surface area contributed by atoms with Crippen LogP contribution in [0.3, 0.4) is 0 Å². The van der Waals surface area contributed by atoms with Gasteiger partial charge in [-0.15, -0.1) is 0 Å². The van der Waals surface area contributed by atoms with Crippen LogP contribution in [0.15, 0.2) is 63.8 Å². The van der Waals surface area contributed by atoms with Crippen LogP contribution in [0.5, 0.6) is 5.75 Å². The molecule has 0 atom stereocenters. The molecule has 0 aliphatic carbocycles. The molecule has 166 valence electrons. The van der Waals surface area contributed by atoms with E-state index in [1.165, 1.54) is 19.2 Å². The lowest BCUT2D eigenvalue weighted by molar-refractivity contribution is -0.141. The van der Waals surface area contributed by atoms with Gasteiger partial charge >= 0.3 is 11.8 Å². The topological polar surface area (TPSA) is 66.5 Å². The summed E-state index contributed by atoms with van der Waals surface area (Å²) < 4.78 is 56.9. The van der Waals surface area contributed by atoms with E-state index in [-0.39, 0.29) is 35.2 Å². The summed E-state index contributed by atoms with van der Waals surface area (Å²) in [6.07, 6.45) is -4.63. The van der Waals surface area contributed by atoms with Gasteiger partial charge in [-0.2, -0.15) is 18.3 Å². The molecule has 0 unspecified atom stereocenters. The number of methoxy groups -OCH3 is 1. The van der Waals surface area contributed by atoms with E-state index in [4.69, 9.17) is 25.5 Å². The van der Waals surface area contributed by atoms with Gasteiger partial charge in [0, 0.05) is 24.6 Å². The van der Waals surface area contributed by atoms with Gasteiger partial charge < -0.3 is 13.9 Å². The molecule has 0 aliphatic rings. The van der Waals surface area contributed by atoms with Crippen molar-refractivity contribution in [3.63, 3.8) is 0 Å². The summed E-state index contributed by atoms with van der Waals surface area (Å²) in [5.41, 5.74) is -0.260. The average Bonchev–Trinajstić information content (AvgIpc) is 3.17. The van der Waals surface area contributed by atoms with Gasteiger partial charge in [-0.3, -0.25) is 0 Å². The number of rotatable bonds is 6. The van der Waals surface area contributed by atoms with Gasteiger partial charge in [0.05, 0.1) is 23.0 Å². The number of halogens is 4. The molecule has 0 saturated heterocycles. The monoisotopic (exact) mass is 464 g/mol. The highest BCUT2D eigenvalue weighted by Gasteiger charge is 2.35. The van der Waals surface area contributed by atoms with Crippen molar-refractivity contribution in [2.45, 2.75) is 19.4 Å². The highest BCUT2D eigenvalue weighted by atomic mass is 35.5. The lowest BCUT2D eigenvalue weighted by atomic mass is 10.1. The number of fused-ring (bicyclic) bond motifs is 1. The first-order chi connectivity index (χ1) is 15.3. The first-order valence-corrected chi connectivity index (χ1v) is 9.73. The van der Waals surface area contributed by atoms with Crippen LogP contribution in [0, 0.1) is 0 Å². The minimum absolute atomic E-state index is 0.139. The van der Waals surface area contributed by atoms with E-state index < -0.39 is 17.5 Å². The molecule has 0 N–H and O–H groups in total. The van der Waals surface area contributed by atoms with Gasteiger partial charge in [0.15, 0.2) is 5.69 Å². The summed E-state index contributed by atoms with van der Waals surface area (Å²) >= 11 is 6.16. The minimum Gasteiger partial charge on any atom is -0.487 e. The number of nitrogens with zero attached hydrogens (tertiary/aromatic N) is 2. The number of aromatic nitrogens is 2. The standard InChI is InChI=1S/C22H16ClF3N2O4/c1-30-11-13-8-21(29)32-19-10-15(6-7-16(13)19)31-12-14-9-20(22(24,25)26)27-28(14)18-5-3-2-4-17(18)23/h2-10H,11-12H2,1H3. The van der Waals surface area contributed by atoms with E-state index in [0.717, 1.165) is 10.7 Å². The second kappa shape index (κ2) is 8.68. The maximum atomic E-state index is 13.3. The minimum atomic E-state index is -4.63. The van der Waals surface area contributed by atoms with Crippen LogP contribution in [0.2, 0.25) is 5.02 Å². The van der Waals surface area contributed by atoms with Gasteiger partial charge in [0.2, 0.25) is 0 Å². The van der Waals surface area contributed by atoms with Crippen molar-refractivity contribution in [3.05, 3.63) is 87.0 Å². The van der Waals surface area contributed by atoms with Crippen molar-refractivity contribution in [2.24, 2.45) is 0 Å². The van der Waals surface area contributed by atoms with E-state index >= 15 is 0 Å². The summed E-state index contributed by atoms with van der Waals surface area (Å²) in [7, 11) is 1.51. The molecule has 6 nitrogen and oxygen atoms in total. The van der Waals surface area contributed by atoms with Gasteiger partial charge in [0.25, 0.3) is 0 Å². The number of benzene rings is 2. The first kappa shape index (κ1) is 21.9. The molecule has 0 radical (unpaired) electrons. The Morgan fingerprint density at radius 1 is 1.09 bits per heavy atom. The van der Waals surface area contributed by atoms with Crippen molar-refractivity contribution in [3.8, 4) is 11.4 Å². The SMILES string of the molecule is COCc1cc(=O)oc2cc(OCc3cc(C(F)(F)F)nn3-c3ccccc3Cl)ccc12. The average molecular weight is 465 g/mol. The lowest BCUT2D eigenvalue weighted by Gasteiger charge is -2.11. The van der Waals surface area contributed by atoms with E-state index in [0.29, 0.717) is 16.7 Å². The molecule has 2 aromatic carbocycles. The van der Waals surface area contributed by atoms with E-state index in [1.54, 1.807) is 36.4 Å². The third-order valence-electron chi connectivity index (χ3n) is 4.64. The van der Waals surface area contributed by atoms with E-state index in [9.17, 15) is 18.0 Å². The fourth-order valence-electron chi connectivity index (χ4n) is 3.23. The highest BCUT2D eigenvalue weighted by molar-refractivity contribution is 6.32. The zero-order chi connectivity index (χ0) is 22.9. The second-order valence-electron chi connectivity index (χ2n) is 6.85. The van der Waals surface area contributed by atoms with Crippen molar-refractivity contribution in [2.75, 3.05) is 7.11 Å². The van der Waals surface area contributed by atoms with Crippen molar-refractivity contribution >= 4 is 22.6 Å². The van der Waals surface area contributed by atoms with Crippen LogP contribution in [0.1, 0.15) is 17.0 Å². The molecule has 0 amide bonds. The molecule has 0 bridgehead atoms. The maximum absolute atomic E-state index is 13.3. The van der Waals surface area contributed by atoms with Crippen LogP contribution < -0.4 is 10.4 Å². The van der Waals surface area contributed by atoms with Gasteiger partial charge in [-0.05, 0) is 35.9 Å². The number of hydrogen-bond acceptors (Lipinski definition) is 5. The molecule has 4 rings (SSSR count). The quantitative estimate of drug-likeness (QED) is 0.359. The Hall–Kier alpha value is -3.30. The van der Waals surface area contributed by atoms with Gasteiger partial charge in [-0.25, -0.2) is 9.48 Å². The summed E-state index contributed by atoms with van der Waals surface area (Å²) in [4.78, 5) is 11.8. The summed E-state index contributed by atoms with van der Waals surface area (Å²) in [6.45, 7) is -0.0126. The molecule has 0 saturated carbocycles. The Morgan fingerprint density at radius 3 is 2.59 bits per heavy atom. The van der Waals surface area contributed by atoms with Crippen LogP contribution in [0.4, 0.5) is 13.2 Å². The van der Waals surface area contributed by atoms with E-state index in [1.807, 2.05) is 0 Å². The fraction of sp³-hybridized carbons (Fsp3) is 0.182. The Bertz CT molecular complexity index is 1330. The Labute approximate surface area is 184 Å². The molecule has 4 aromatic rings. The number of hydrogen-bond donors (Lipinski definition) is 0. The summed E-state index contributed by atoms with van der Waals surface area (Å²) in [6, 6.07) is 13.5. The first-order valence-electron chi connectivity index (χ1n) is 9.36. The largest absolute Gasteiger partial charge is 0.487 e. The van der Waals surface area contributed by atoms with Crippen LogP contribution in [-0.2, 0) is 24.1 Å². The molecular formula is C22H16ClF3N2O4. The van der Waals surface area contributed by atoms with Crippen LogP contribution in [0.25, 0.3) is 16.7 Å². The molecule has 2 aromatic heterocycles. The zero-order valence-corrected chi connectivity index (χ0v) is 17.4. The predicted octanol–water partition coefficient (Wildman–Crippen LogP) is 5.38. The zero-order valence-electron chi connectivity index (χ0n) is 16.6. The number of ether oxygens (including phenoxy) is 2. The van der Waals surface area contributed by atoms with E-state index in [2.05, 4.69) is 5.10 Å². The Balaban J connectivity index is 1.68. The summed E-state index contributed by atoms with van der Waals surface area (Å²) in [5.74, 6) is 0.302. The molecule has 10 heteroatoms. The third-order valence-corrected chi connectivity index (χ3v) is 4.96. The highest BCUT2D eigenvalue weighted by Crippen LogP contribution is 2.31. The fourth-order valence-corrected chi connectivity index (χ4v) is 3.44. The third kappa shape index (κ3) is 4.49. The lowest BCUT2D eigenvalue weighted by Crippen LogP contribution is -2.08. The van der Waals surface area contributed by atoms with Gasteiger partial charge in [-0.1, -0.05) is 23.7 Å². The van der Waals surface area contributed by atoms with Crippen molar-refractivity contribution < 1.29 is 27.1 Å². The normalized spacial score (nSPS) is 11.8. The number of para-hydroxylation sites is 1. The maximum Gasteiger partial charge on any atom is 0.435 e. The Morgan fingerprint density at radius 2 is 1.88 bits per heavy atom. The van der Waals surface area contributed by atoms with Crippen molar-refractivity contribution in [1.82, 2.24) is 9.78 Å². The molecule has 32 heavy (non-hydrogen) atoms. The predicted molar refractivity (Wildman–Crippen MR) is 111 cm³/mol. The van der Waals surface area contributed by atoms with Crippen LogP contribution in [-0.4, -0.2) is 16.9 Å². The molecule has 0 spiro atoms. The van der Waals surface area contributed by atoms with Crippen LogP contribution >= 0.6 is 11.6 Å². The van der Waals surface area contributed by atoms with Crippen molar-refractivity contribution in [1.29, 1.82) is 0 Å². The molecule has 2 heterocycles. The number of alkyl halides is 3. The smallest absolute Gasteiger partial charge is 0.435 e.